The minimum atomic E-state index is -1.30. The Bertz CT molecular complexity index is 166. The van der Waals surface area contributed by atoms with Crippen LogP contribution >= 0.6 is 0 Å². The van der Waals surface area contributed by atoms with Gasteiger partial charge in [0.25, 0.3) is 0 Å². The van der Waals surface area contributed by atoms with Crippen molar-refractivity contribution in [3.05, 3.63) is 0 Å². The van der Waals surface area contributed by atoms with E-state index in [1.165, 1.54) is 63.5 Å². The lowest BCUT2D eigenvalue weighted by Crippen LogP contribution is -2.34. The van der Waals surface area contributed by atoms with Gasteiger partial charge in [0.1, 0.15) is 0 Å². The van der Waals surface area contributed by atoms with Crippen molar-refractivity contribution in [1.82, 2.24) is 0 Å². The van der Waals surface area contributed by atoms with Gasteiger partial charge in [-0.2, -0.15) is 0 Å². The van der Waals surface area contributed by atoms with Crippen LogP contribution < -0.4 is 0 Å². The summed E-state index contributed by atoms with van der Waals surface area (Å²) in [4.78, 5) is 0. The molecule has 0 aliphatic heterocycles. The van der Waals surface area contributed by atoms with Crippen LogP contribution in [0, 0.1) is 0 Å². The highest BCUT2D eigenvalue weighted by Gasteiger charge is 2.21. The van der Waals surface area contributed by atoms with Gasteiger partial charge in [0, 0.05) is 0 Å². The van der Waals surface area contributed by atoms with Gasteiger partial charge in [-0.1, -0.05) is 65.2 Å². The molecule has 0 atom stereocenters. The molecule has 18 heavy (non-hydrogen) atoms. The normalized spacial score (nSPS) is 12.3. The third-order valence-electron chi connectivity index (χ3n) is 3.28. The van der Waals surface area contributed by atoms with Crippen LogP contribution in [0.15, 0.2) is 0 Å². The Hall–Kier alpha value is 0.394. The lowest BCUT2D eigenvalue weighted by atomic mass is 10.2. The predicted octanol–water partition coefficient (Wildman–Crippen LogP) is 5.72. The Morgan fingerprint density at radius 1 is 0.722 bits per heavy atom. The summed E-state index contributed by atoms with van der Waals surface area (Å²) in [6.45, 7) is 11.6. The molecule has 0 saturated carbocycles. The van der Waals surface area contributed by atoms with E-state index in [0.717, 1.165) is 0 Å². The largest absolute Gasteiger partial charge is 0.458 e. The number of rotatable bonds is 12. The maximum atomic E-state index is 6.48. The smallest absolute Gasteiger partial charge is 0.170 e. The van der Waals surface area contributed by atoms with Crippen LogP contribution in [-0.2, 0) is 4.12 Å². The molecule has 0 aromatic rings. The number of unbranched alkanes of at least 4 members (excludes halogenated alkanes) is 6. The molecule has 0 heterocycles. The molecule has 0 aliphatic carbocycles. The Morgan fingerprint density at radius 3 is 1.50 bits per heavy atom. The van der Waals surface area contributed by atoms with Crippen molar-refractivity contribution in [2.75, 3.05) is 0 Å². The van der Waals surface area contributed by atoms with Crippen molar-refractivity contribution in [1.29, 1.82) is 0 Å². The second-order valence-corrected chi connectivity index (χ2v) is 14.1. The SMILES string of the molecule is CCCCCC[SiH](CCCCCC)O[Si](C)(C)C. The van der Waals surface area contributed by atoms with Crippen molar-refractivity contribution in [2.45, 2.75) is 96.9 Å². The summed E-state index contributed by atoms with van der Waals surface area (Å²) in [6, 6.07) is 2.85. The first-order valence-corrected chi connectivity index (χ1v) is 13.7. The van der Waals surface area contributed by atoms with E-state index in [2.05, 4.69) is 33.5 Å². The molecular formula is C15H36OSi2. The maximum absolute atomic E-state index is 6.48. The molecule has 0 unspecified atom stereocenters. The van der Waals surface area contributed by atoms with Crippen molar-refractivity contribution in [2.24, 2.45) is 0 Å². The van der Waals surface area contributed by atoms with Crippen molar-refractivity contribution >= 4 is 17.4 Å². The fourth-order valence-electron chi connectivity index (χ4n) is 2.36. The average molecular weight is 289 g/mol. The zero-order chi connectivity index (χ0) is 13.9. The van der Waals surface area contributed by atoms with Crippen LogP contribution in [0.4, 0.5) is 0 Å². The van der Waals surface area contributed by atoms with E-state index in [1.54, 1.807) is 0 Å². The van der Waals surface area contributed by atoms with Crippen LogP contribution in [0.2, 0.25) is 31.7 Å². The molecule has 0 amide bonds. The minimum absolute atomic E-state index is 0.882. The van der Waals surface area contributed by atoms with E-state index in [-0.39, 0.29) is 0 Å². The molecule has 0 fully saturated rings. The van der Waals surface area contributed by atoms with Gasteiger partial charge < -0.3 is 4.12 Å². The summed E-state index contributed by atoms with van der Waals surface area (Å²) in [5, 5.41) is 0. The topological polar surface area (TPSA) is 9.23 Å². The fraction of sp³-hybridized carbons (Fsp3) is 1.00. The monoisotopic (exact) mass is 288 g/mol. The van der Waals surface area contributed by atoms with Gasteiger partial charge in [0.2, 0.25) is 0 Å². The number of hydrogen-bond acceptors (Lipinski definition) is 1. The van der Waals surface area contributed by atoms with Gasteiger partial charge in [-0.15, -0.1) is 0 Å². The first kappa shape index (κ1) is 18.4. The zero-order valence-corrected chi connectivity index (χ0v) is 15.7. The van der Waals surface area contributed by atoms with Crippen LogP contribution in [0.25, 0.3) is 0 Å². The molecule has 3 heteroatoms. The Labute approximate surface area is 119 Å². The first-order valence-electron chi connectivity index (χ1n) is 8.17. The third-order valence-corrected chi connectivity index (χ3v) is 9.55. The van der Waals surface area contributed by atoms with Crippen LogP contribution in [-0.4, -0.2) is 17.4 Å². The quantitative estimate of drug-likeness (QED) is 0.329. The lowest BCUT2D eigenvalue weighted by molar-refractivity contribution is 0.546. The molecular weight excluding hydrogens is 252 g/mol. The van der Waals surface area contributed by atoms with E-state index >= 15 is 0 Å². The molecule has 0 spiro atoms. The summed E-state index contributed by atoms with van der Waals surface area (Å²) < 4.78 is 6.48. The van der Waals surface area contributed by atoms with Crippen molar-refractivity contribution < 1.29 is 4.12 Å². The van der Waals surface area contributed by atoms with Gasteiger partial charge in [-0.25, -0.2) is 0 Å². The standard InChI is InChI=1S/C15H36OSi2/c1-6-8-10-12-14-17(16-18(3,4)5)15-13-11-9-7-2/h17H,6-15H2,1-5H3. The second-order valence-electron chi connectivity index (χ2n) is 6.55. The molecule has 0 rings (SSSR count). The van der Waals surface area contributed by atoms with E-state index in [4.69, 9.17) is 4.12 Å². The van der Waals surface area contributed by atoms with Gasteiger partial charge in [0.15, 0.2) is 17.4 Å². The van der Waals surface area contributed by atoms with Gasteiger partial charge in [-0.3, -0.25) is 0 Å². The Kier molecular flexibility index (Phi) is 11.5. The molecule has 1 nitrogen and oxygen atoms in total. The fourth-order valence-corrected chi connectivity index (χ4v) is 9.08. The minimum Gasteiger partial charge on any atom is -0.458 e. The predicted molar refractivity (Wildman–Crippen MR) is 89.5 cm³/mol. The van der Waals surface area contributed by atoms with Crippen LogP contribution in [0.5, 0.6) is 0 Å². The molecule has 110 valence electrons. The molecule has 0 aliphatic rings. The summed E-state index contributed by atoms with van der Waals surface area (Å²) in [6.07, 6.45) is 11.2. The Balaban J connectivity index is 3.85. The molecule has 0 radical (unpaired) electrons. The van der Waals surface area contributed by atoms with Crippen molar-refractivity contribution in [3.8, 4) is 0 Å². The average Bonchev–Trinajstić information content (AvgIpc) is 2.28. The van der Waals surface area contributed by atoms with E-state index in [0.29, 0.717) is 0 Å². The highest BCUT2D eigenvalue weighted by molar-refractivity contribution is 6.77. The number of hydrogen-bond donors (Lipinski definition) is 0. The van der Waals surface area contributed by atoms with Gasteiger partial charge in [-0.05, 0) is 31.7 Å². The summed E-state index contributed by atoms with van der Waals surface area (Å²) in [5.41, 5.74) is 0. The molecule has 0 bridgehead atoms. The first-order chi connectivity index (χ1) is 8.49. The molecule has 0 aromatic carbocycles. The van der Waals surface area contributed by atoms with Gasteiger partial charge in [0.05, 0.1) is 0 Å². The summed E-state index contributed by atoms with van der Waals surface area (Å²) >= 11 is 0. The second kappa shape index (κ2) is 11.2. The summed E-state index contributed by atoms with van der Waals surface area (Å²) in [7, 11) is -2.18. The molecule has 0 N–H and O–H groups in total. The maximum Gasteiger partial charge on any atom is 0.170 e. The third kappa shape index (κ3) is 12.8. The summed E-state index contributed by atoms with van der Waals surface area (Å²) in [5.74, 6) is 0. The van der Waals surface area contributed by atoms with Crippen molar-refractivity contribution in [3.63, 3.8) is 0 Å². The van der Waals surface area contributed by atoms with E-state index < -0.39 is 17.4 Å². The van der Waals surface area contributed by atoms with Gasteiger partial charge >= 0.3 is 0 Å². The highest BCUT2D eigenvalue weighted by atomic mass is 28.4. The Morgan fingerprint density at radius 2 is 1.17 bits per heavy atom. The lowest BCUT2D eigenvalue weighted by Gasteiger charge is -2.26. The molecule has 0 aromatic heterocycles. The molecule has 0 saturated heterocycles. The van der Waals surface area contributed by atoms with Crippen LogP contribution in [0.3, 0.4) is 0 Å². The van der Waals surface area contributed by atoms with E-state index in [1.807, 2.05) is 0 Å². The van der Waals surface area contributed by atoms with E-state index in [9.17, 15) is 0 Å². The highest BCUT2D eigenvalue weighted by Crippen LogP contribution is 2.18. The van der Waals surface area contributed by atoms with Crippen LogP contribution in [0.1, 0.15) is 65.2 Å². The zero-order valence-electron chi connectivity index (χ0n) is 13.6.